The Morgan fingerprint density at radius 2 is 1.79 bits per heavy atom. The fourth-order valence-corrected chi connectivity index (χ4v) is 4.07. The van der Waals surface area contributed by atoms with Crippen molar-refractivity contribution in [1.29, 1.82) is 0 Å². The molecule has 0 spiro atoms. The molecule has 4 aromatic rings. The number of hydrogen-bond donors (Lipinski definition) is 0. The van der Waals surface area contributed by atoms with Crippen LogP contribution in [0.4, 0.5) is 5.69 Å². The van der Waals surface area contributed by atoms with Crippen LogP contribution in [-0.4, -0.2) is 18.2 Å². The third-order valence-electron chi connectivity index (χ3n) is 5.13. The Kier molecular flexibility index (Phi) is 7.39. The number of nitro groups is 1. The summed E-state index contributed by atoms with van der Waals surface area (Å²) >= 11 is 3.56. The Bertz CT molecular complexity index is 1350. The van der Waals surface area contributed by atoms with Gasteiger partial charge in [-0.15, -0.1) is 0 Å². The van der Waals surface area contributed by atoms with Crippen LogP contribution in [0.3, 0.4) is 0 Å². The molecule has 0 saturated heterocycles. The third-order valence-corrected chi connectivity index (χ3v) is 5.72. The molecule has 0 aliphatic carbocycles. The highest BCUT2D eigenvalue weighted by Gasteiger charge is 2.12. The number of halogens is 1. The lowest BCUT2D eigenvalue weighted by molar-refractivity contribution is -0.384. The number of rotatable bonds is 9. The van der Waals surface area contributed by atoms with Gasteiger partial charge in [0, 0.05) is 17.7 Å². The molecule has 4 aromatic carbocycles. The van der Waals surface area contributed by atoms with Crippen LogP contribution in [0.15, 0.2) is 88.5 Å². The first-order chi connectivity index (χ1) is 16.5. The topological polar surface area (TPSA) is 83.2 Å². The summed E-state index contributed by atoms with van der Waals surface area (Å²) in [4.78, 5) is 15.7. The molecule has 8 heteroatoms. The highest BCUT2D eigenvalue weighted by atomic mass is 79.9. The van der Waals surface area contributed by atoms with E-state index >= 15 is 0 Å². The summed E-state index contributed by atoms with van der Waals surface area (Å²) < 4.78 is 12.4. The molecule has 0 heterocycles. The Labute approximate surface area is 204 Å². The van der Waals surface area contributed by atoms with Gasteiger partial charge in [0.1, 0.15) is 13.2 Å². The summed E-state index contributed by atoms with van der Waals surface area (Å²) in [6.45, 7) is 0.499. The summed E-state index contributed by atoms with van der Waals surface area (Å²) in [5, 5.41) is 17.2. The molecule has 0 atom stereocenters. The van der Waals surface area contributed by atoms with Crippen molar-refractivity contribution in [3.05, 3.63) is 110 Å². The maximum absolute atomic E-state index is 10.9. The number of non-ortho nitro benzene ring substituents is 1. The van der Waals surface area contributed by atoms with Gasteiger partial charge in [-0.05, 0) is 50.0 Å². The fraction of sp³-hybridized carbons (Fsp3) is 0.115. The highest BCUT2D eigenvalue weighted by Crippen LogP contribution is 2.37. The number of nitro benzene ring substituents is 1. The summed E-state index contributed by atoms with van der Waals surface area (Å²) in [6.07, 6.45) is 1.54. The van der Waals surface area contributed by atoms with Crippen LogP contribution in [-0.2, 0) is 18.1 Å². The number of nitrogens with zero attached hydrogens (tertiary/aromatic N) is 2. The lowest BCUT2D eigenvalue weighted by Gasteiger charge is -2.14. The van der Waals surface area contributed by atoms with Gasteiger partial charge in [-0.2, -0.15) is 0 Å². The molecule has 4 rings (SSSR count). The second kappa shape index (κ2) is 10.8. The molecule has 0 saturated carbocycles. The summed E-state index contributed by atoms with van der Waals surface area (Å²) in [6, 6.07) is 24.2. The average Bonchev–Trinajstić information content (AvgIpc) is 2.86. The minimum absolute atomic E-state index is 0.0119. The van der Waals surface area contributed by atoms with Crippen molar-refractivity contribution in [1.82, 2.24) is 0 Å². The van der Waals surface area contributed by atoms with Crippen molar-refractivity contribution in [2.45, 2.75) is 13.2 Å². The summed E-state index contributed by atoms with van der Waals surface area (Å²) in [7, 11) is 1.58. The normalized spacial score (nSPS) is 11.0. The third kappa shape index (κ3) is 5.52. The number of ether oxygens (including phenoxy) is 2. The molecule has 0 radical (unpaired) electrons. The molecule has 0 fully saturated rings. The van der Waals surface area contributed by atoms with Gasteiger partial charge in [0.15, 0.2) is 11.5 Å². The minimum atomic E-state index is -0.444. The van der Waals surface area contributed by atoms with Crippen molar-refractivity contribution in [3.63, 3.8) is 0 Å². The second-order valence-corrected chi connectivity index (χ2v) is 8.25. The molecule has 0 bridgehead atoms. The molecular weight excluding hydrogens is 500 g/mol. The molecule has 34 heavy (non-hydrogen) atoms. The first-order valence-electron chi connectivity index (χ1n) is 10.4. The van der Waals surface area contributed by atoms with E-state index in [2.05, 4.69) is 39.3 Å². The van der Waals surface area contributed by atoms with Gasteiger partial charge >= 0.3 is 0 Å². The van der Waals surface area contributed by atoms with Crippen LogP contribution >= 0.6 is 15.9 Å². The van der Waals surface area contributed by atoms with Gasteiger partial charge in [0.2, 0.25) is 0 Å². The van der Waals surface area contributed by atoms with E-state index in [4.69, 9.17) is 14.3 Å². The second-order valence-electron chi connectivity index (χ2n) is 7.40. The fourth-order valence-electron chi connectivity index (χ4n) is 3.49. The first kappa shape index (κ1) is 23.3. The SMILES string of the molecule is COc1cc(/C=N/OCc2cccc([N+](=O)[O-])c2)cc(Br)c1OCc1cccc2ccccc12. The minimum Gasteiger partial charge on any atom is -0.493 e. The van der Waals surface area contributed by atoms with Crippen molar-refractivity contribution in [3.8, 4) is 11.5 Å². The Balaban J connectivity index is 1.44. The molecule has 0 amide bonds. The van der Waals surface area contributed by atoms with E-state index in [9.17, 15) is 10.1 Å². The zero-order valence-electron chi connectivity index (χ0n) is 18.3. The molecular formula is C26H21BrN2O5. The highest BCUT2D eigenvalue weighted by molar-refractivity contribution is 9.10. The van der Waals surface area contributed by atoms with Crippen molar-refractivity contribution in [2.75, 3.05) is 7.11 Å². The van der Waals surface area contributed by atoms with Gasteiger partial charge < -0.3 is 14.3 Å². The number of benzene rings is 4. The summed E-state index contributed by atoms with van der Waals surface area (Å²) in [5.74, 6) is 1.14. The van der Waals surface area contributed by atoms with Gasteiger partial charge in [-0.1, -0.05) is 59.8 Å². The predicted octanol–water partition coefficient (Wildman–Crippen LogP) is 6.65. The van der Waals surface area contributed by atoms with Crippen molar-refractivity contribution in [2.24, 2.45) is 5.16 Å². The van der Waals surface area contributed by atoms with Crippen LogP contribution in [0.5, 0.6) is 11.5 Å². The van der Waals surface area contributed by atoms with Crippen LogP contribution in [0.1, 0.15) is 16.7 Å². The molecule has 0 unspecified atom stereocenters. The van der Waals surface area contributed by atoms with E-state index < -0.39 is 4.92 Å². The predicted molar refractivity (Wildman–Crippen MR) is 134 cm³/mol. The first-order valence-corrected chi connectivity index (χ1v) is 11.2. The number of methoxy groups -OCH3 is 1. The van der Waals surface area contributed by atoms with E-state index in [0.717, 1.165) is 21.9 Å². The lowest BCUT2D eigenvalue weighted by Crippen LogP contribution is -2.00. The Morgan fingerprint density at radius 3 is 2.62 bits per heavy atom. The Hall–Kier alpha value is -3.91. The van der Waals surface area contributed by atoms with E-state index in [0.29, 0.717) is 28.1 Å². The summed E-state index contributed by atoms with van der Waals surface area (Å²) in [5.41, 5.74) is 2.48. The van der Waals surface area contributed by atoms with E-state index in [1.165, 1.54) is 12.1 Å². The maximum Gasteiger partial charge on any atom is 0.269 e. The average molecular weight is 521 g/mol. The molecule has 0 N–H and O–H groups in total. The molecule has 172 valence electrons. The number of hydrogen-bond acceptors (Lipinski definition) is 6. The van der Waals surface area contributed by atoms with E-state index in [1.807, 2.05) is 30.3 Å². The van der Waals surface area contributed by atoms with Crippen LogP contribution in [0.2, 0.25) is 0 Å². The molecule has 0 aliphatic rings. The number of oxime groups is 1. The van der Waals surface area contributed by atoms with Crippen molar-refractivity contribution < 1.29 is 19.2 Å². The van der Waals surface area contributed by atoms with Crippen molar-refractivity contribution >= 4 is 38.6 Å². The van der Waals surface area contributed by atoms with E-state index in [-0.39, 0.29) is 12.3 Å². The van der Waals surface area contributed by atoms with Crippen LogP contribution < -0.4 is 9.47 Å². The zero-order valence-corrected chi connectivity index (χ0v) is 19.9. The largest absolute Gasteiger partial charge is 0.493 e. The molecule has 7 nitrogen and oxygen atoms in total. The van der Waals surface area contributed by atoms with E-state index in [1.54, 1.807) is 31.5 Å². The number of fused-ring (bicyclic) bond motifs is 1. The van der Waals surface area contributed by atoms with Crippen LogP contribution in [0.25, 0.3) is 10.8 Å². The standard InChI is InChI=1S/C26H21BrN2O5/c1-32-25-14-19(15-28-34-16-18-6-4-10-22(12-18)29(30)31)13-24(27)26(25)33-17-21-9-5-8-20-7-2-3-11-23(20)21/h2-15H,16-17H2,1H3/b28-15+. The quantitative estimate of drug-likeness (QED) is 0.140. The monoisotopic (exact) mass is 520 g/mol. The zero-order chi connectivity index (χ0) is 23.9. The molecule has 0 aromatic heterocycles. The smallest absolute Gasteiger partial charge is 0.269 e. The van der Waals surface area contributed by atoms with Crippen LogP contribution in [0, 0.1) is 10.1 Å². The van der Waals surface area contributed by atoms with Gasteiger partial charge in [-0.3, -0.25) is 10.1 Å². The molecule has 0 aliphatic heterocycles. The van der Waals surface area contributed by atoms with Gasteiger partial charge in [0.05, 0.1) is 22.7 Å². The van der Waals surface area contributed by atoms with Gasteiger partial charge in [0.25, 0.3) is 5.69 Å². The lowest BCUT2D eigenvalue weighted by atomic mass is 10.1. The Morgan fingerprint density at radius 1 is 1.00 bits per heavy atom. The van der Waals surface area contributed by atoms with Gasteiger partial charge in [-0.25, -0.2) is 0 Å². The maximum atomic E-state index is 10.9.